The molecule has 0 bridgehead atoms. The van der Waals surface area contributed by atoms with Crippen molar-refractivity contribution in [3.63, 3.8) is 0 Å². The first-order valence-electron chi connectivity index (χ1n) is 8.61. The van der Waals surface area contributed by atoms with Gasteiger partial charge in [0, 0.05) is 37.8 Å². The van der Waals surface area contributed by atoms with Gasteiger partial charge >= 0.3 is 5.97 Å². The number of hydrogen-bond acceptors (Lipinski definition) is 4. The number of carbonyl (C=O) groups excluding carboxylic acids is 1. The van der Waals surface area contributed by atoms with E-state index in [4.69, 9.17) is 9.47 Å². The van der Waals surface area contributed by atoms with Crippen LogP contribution in [0.4, 0.5) is 0 Å². The molecule has 1 fully saturated rings. The number of nitrogens with zero attached hydrogens (tertiary/aromatic N) is 2. The van der Waals surface area contributed by atoms with E-state index >= 15 is 0 Å². The molecule has 0 saturated carbocycles. The minimum Gasteiger partial charge on any atom is -0.462 e. The van der Waals surface area contributed by atoms with Crippen LogP contribution in [0.1, 0.15) is 23.2 Å². The zero-order valence-corrected chi connectivity index (χ0v) is 14.5. The van der Waals surface area contributed by atoms with E-state index in [1.54, 1.807) is 7.11 Å². The van der Waals surface area contributed by atoms with Crippen molar-refractivity contribution in [3.05, 3.63) is 36.0 Å². The Bertz CT molecular complexity index is 687. The van der Waals surface area contributed by atoms with E-state index in [2.05, 4.69) is 4.90 Å². The predicted molar refractivity (Wildman–Crippen MR) is 94.2 cm³/mol. The molecule has 1 aliphatic heterocycles. The topological polar surface area (TPSA) is 43.7 Å². The fraction of sp³-hybridized carbons (Fsp3) is 0.526. The Morgan fingerprint density at radius 1 is 1.25 bits per heavy atom. The maximum atomic E-state index is 12.5. The van der Waals surface area contributed by atoms with E-state index in [-0.39, 0.29) is 5.97 Å². The minimum absolute atomic E-state index is 0.214. The Hall–Kier alpha value is -1.85. The molecule has 5 nitrogen and oxygen atoms in total. The van der Waals surface area contributed by atoms with Crippen LogP contribution in [-0.2, 0) is 16.5 Å². The van der Waals surface area contributed by atoms with Crippen molar-refractivity contribution >= 4 is 16.9 Å². The second-order valence-corrected chi connectivity index (χ2v) is 6.55. The van der Waals surface area contributed by atoms with Crippen LogP contribution in [0.5, 0.6) is 0 Å². The third-order valence-electron chi connectivity index (χ3n) is 4.89. The lowest BCUT2D eigenvalue weighted by Gasteiger charge is -2.31. The van der Waals surface area contributed by atoms with E-state index in [0.717, 1.165) is 50.0 Å². The molecule has 5 heteroatoms. The molecule has 0 N–H and O–H groups in total. The van der Waals surface area contributed by atoms with Gasteiger partial charge in [0.05, 0.1) is 18.8 Å². The van der Waals surface area contributed by atoms with Crippen LogP contribution in [0.2, 0.25) is 0 Å². The summed E-state index contributed by atoms with van der Waals surface area (Å²) in [5.74, 6) is 0.247. The zero-order chi connectivity index (χ0) is 16.9. The third kappa shape index (κ3) is 3.79. The lowest BCUT2D eigenvalue weighted by Crippen LogP contribution is -2.37. The number of methoxy groups -OCH3 is 1. The predicted octanol–water partition coefficient (Wildman–Crippen LogP) is 2.69. The smallest absolute Gasteiger partial charge is 0.340 e. The van der Waals surface area contributed by atoms with Gasteiger partial charge in [-0.1, -0.05) is 18.2 Å². The van der Waals surface area contributed by atoms with E-state index in [9.17, 15) is 4.79 Å². The maximum absolute atomic E-state index is 12.5. The van der Waals surface area contributed by atoms with Crippen LogP contribution in [0, 0.1) is 5.92 Å². The van der Waals surface area contributed by atoms with Crippen LogP contribution in [0.25, 0.3) is 10.9 Å². The van der Waals surface area contributed by atoms with Crippen LogP contribution in [0.3, 0.4) is 0 Å². The summed E-state index contributed by atoms with van der Waals surface area (Å²) in [4.78, 5) is 14.9. The van der Waals surface area contributed by atoms with E-state index in [0.29, 0.717) is 18.1 Å². The Labute approximate surface area is 143 Å². The van der Waals surface area contributed by atoms with Gasteiger partial charge in [-0.2, -0.15) is 0 Å². The van der Waals surface area contributed by atoms with E-state index in [1.165, 1.54) is 0 Å². The highest BCUT2D eigenvalue weighted by molar-refractivity contribution is 6.04. The average molecular weight is 330 g/mol. The molecule has 0 aliphatic carbocycles. The highest BCUT2D eigenvalue weighted by atomic mass is 16.5. The number of aromatic nitrogens is 1. The number of fused-ring (bicyclic) bond motifs is 1. The van der Waals surface area contributed by atoms with Crippen molar-refractivity contribution < 1.29 is 14.3 Å². The van der Waals surface area contributed by atoms with Gasteiger partial charge in [0.15, 0.2) is 0 Å². The van der Waals surface area contributed by atoms with Crippen LogP contribution >= 0.6 is 0 Å². The summed E-state index contributed by atoms with van der Waals surface area (Å²) in [6.07, 6.45) is 4.01. The highest BCUT2D eigenvalue weighted by Gasteiger charge is 2.21. The molecule has 0 radical (unpaired) electrons. The van der Waals surface area contributed by atoms with Gasteiger partial charge in [-0.05, 0) is 37.9 Å². The highest BCUT2D eigenvalue weighted by Crippen LogP contribution is 2.22. The summed E-state index contributed by atoms with van der Waals surface area (Å²) in [6, 6.07) is 7.92. The monoisotopic (exact) mass is 330 g/mol. The quantitative estimate of drug-likeness (QED) is 0.764. The van der Waals surface area contributed by atoms with Gasteiger partial charge in [-0.25, -0.2) is 4.79 Å². The molecule has 1 aromatic carbocycles. The second kappa shape index (κ2) is 7.81. The summed E-state index contributed by atoms with van der Waals surface area (Å²) in [5, 5.41) is 0.958. The molecule has 0 spiro atoms. The lowest BCUT2D eigenvalue weighted by molar-refractivity contribution is 0.0360. The third-order valence-corrected chi connectivity index (χ3v) is 4.89. The molecule has 2 heterocycles. The number of rotatable bonds is 6. The van der Waals surface area contributed by atoms with Gasteiger partial charge < -0.3 is 18.9 Å². The van der Waals surface area contributed by atoms with E-state index < -0.39 is 0 Å². The molecule has 0 amide bonds. The van der Waals surface area contributed by atoms with Crippen LogP contribution in [-0.4, -0.2) is 55.4 Å². The first-order chi connectivity index (χ1) is 11.7. The summed E-state index contributed by atoms with van der Waals surface area (Å²) >= 11 is 0. The van der Waals surface area contributed by atoms with Crippen molar-refractivity contribution in [1.82, 2.24) is 9.47 Å². The van der Waals surface area contributed by atoms with Gasteiger partial charge in [0.2, 0.25) is 0 Å². The van der Waals surface area contributed by atoms with Crippen molar-refractivity contribution in [1.29, 1.82) is 0 Å². The number of ether oxygens (including phenoxy) is 2. The molecular weight excluding hydrogens is 304 g/mol. The molecule has 2 aromatic rings. The number of para-hydroxylation sites is 1. The average Bonchev–Trinajstić information content (AvgIpc) is 2.96. The van der Waals surface area contributed by atoms with Crippen molar-refractivity contribution in [2.45, 2.75) is 12.8 Å². The fourth-order valence-electron chi connectivity index (χ4n) is 3.37. The van der Waals surface area contributed by atoms with Gasteiger partial charge in [-0.15, -0.1) is 0 Å². The van der Waals surface area contributed by atoms with Crippen molar-refractivity contribution in [2.24, 2.45) is 13.0 Å². The Balaban J connectivity index is 1.53. The summed E-state index contributed by atoms with van der Waals surface area (Å²) in [5.41, 5.74) is 1.71. The van der Waals surface area contributed by atoms with E-state index in [1.807, 2.05) is 42.1 Å². The number of aryl methyl sites for hydroxylation is 1. The standard InChI is InChI=1S/C19H26N2O3/c1-20-13-17(16-5-3-4-6-18(16)20)19(22)24-14-15-7-9-21(10-8-15)11-12-23-2/h3-6,13,15H,7-12,14H2,1-2H3. The van der Waals surface area contributed by atoms with Crippen molar-refractivity contribution in [2.75, 3.05) is 40.0 Å². The maximum Gasteiger partial charge on any atom is 0.340 e. The Kier molecular flexibility index (Phi) is 5.53. The Morgan fingerprint density at radius 2 is 2.00 bits per heavy atom. The first kappa shape index (κ1) is 17.0. The Morgan fingerprint density at radius 3 is 2.75 bits per heavy atom. The number of piperidine rings is 1. The summed E-state index contributed by atoms with van der Waals surface area (Å²) < 4.78 is 12.7. The molecule has 1 aliphatic rings. The van der Waals surface area contributed by atoms with Crippen LogP contribution < -0.4 is 0 Å². The molecule has 24 heavy (non-hydrogen) atoms. The number of likely N-dealkylation sites (tertiary alicyclic amines) is 1. The summed E-state index contributed by atoms with van der Waals surface area (Å²) in [6.45, 7) is 4.39. The SMILES string of the molecule is COCCN1CCC(COC(=O)c2cn(C)c3ccccc23)CC1. The first-order valence-corrected chi connectivity index (χ1v) is 8.61. The molecule has 0 atom stereocenters. The summed E-state index contributed by atoms with van der Waals surface area (Å²) in [7, 11) is 3.69. The molecule has 3 rings (SSSR count). The lowest BCUT2D eigenvalue weighted by atomic mass is 9.98. The molecule has 1 saturated heterocycles. The number of carbonyl (C=O) groups is 1. The van der Waals surface area contributed by atoms with Gasteiger partial charge in [-0.3, -0.25) is 0 Å². The number of esters is 1. The van der Waals surface area contributed by atoms with Gasteiger partial charge in [0.1, 0.15) is 0 Å². The number of hydrogen-bond donors (Lipinski definition) is 0. The molecular formula is C19H26N2O3. The van der Waals surface area contributed by atoms with Crippen LogP contribution in [0.15, 0.2) is 30.5 Å². The number of benzene rings is 1. The second-order valence-electron chi connectivity index (χ2n) is 6.55. The zero-order valence-electron chi connectivity index (χ0n) is 14.5. The van der Waals surface area contributed by atoms with Crippen molar-refractivity contribution in [3.8, 4) is 0 Å². The molecule has 0 unspecified atom stereocenters. The minimum atomic E-state index is -0.214. The fourth-order valence-corrected chi connectivity index (χ4v) is 3.37. The molecule has 130 valence electrons. The van der Waals surface area contributed by atoms with Gasteiger partial charge in [0.25, 0.3) is 0 Å². The largest absolute Gasteiger partial charge is 0.462 e. The normalized spacial score (nSPS) is 16.6. The molecule has 1 aromatic heterocycles.